The normalized spacial score (nSPS) is 17.4. The Hall–Kier alpha value is -3.66. The van der Waals surface area contributed by atoms with E-state index in [-0.39, 0.29) is 23.8 Å². The maximum atomic E-state index is 13.5. The van der Waals surface area contributed by atoms with Crippen molar-refractivity contribution >= 4 is 17.5 Å². The topological polar surface area (TPSA) is 98.7 Å². The second-order valence-corrected chi connectivity index (χ2v) is 8.53. The molecule has 1 aromatic carbocycles. The van der Waals surface area contributed by atoms with Crippen LogP contribution in [0.5, 0.6) is 0 Å². The van der Waals surface area contributed by atoms with Gasteiger partial charge in [0.2, 0.25) is 0 Å². The molecule has 0 radical (unpaired) electrons. The van der Waals surface area contributed by atoms with Crippen molar-refractivity contribution in [2.24, 2.45) is 7.05 Å². The zero-order valence-corrected chi connectivity index (χ0v) is 18.8. The van der Waals surface area contributed by atoms with E-state index >= 15 is 0 Å². The third-order valence-electron chi connectivity index (χ3n) is 6.15. The first-order valence-corrected chi connectivity index (χ1v) is 11.0. The van der Waals surface area contributed by atoms with Crippen molar-refractivity contribution in [2.45, 2.75) is 24.7 Å². The van der Waals surface area contributed by atoms with Gasteiger partial charge in [0.05, 0.1) is 17.3 Å². The van der Waals surface area contributed by atoms with Crippen LogP contribution in [0.15, 0.2) is 47.1 Å². The van der Waals surface area contributed by atoms with Crippen LogP contribution in [-0.2, 0) is 18.9 Å². The molecule has 1 atom stereocenters. The Morgan fingerprint density at radius 1 is 1.24 bits per heavy atom. The predicted octanol–water partition coefficient (Wildman–Crippen LogP) is 3.85. The molecule has 3 heterocycles. The van der Waals surface area contributed by atoms with Gasteiger partial charge in [0.1, 0.15) is 5.15 Å². The van der Waals surface area contributed by atoms with E-state index in [1.807, 2.05) is 23.9 Å². The molecule has 0 spiro atoms. The van der Waals surface area contributed by atoms with Gasteiger partial charge in [-0.3, -0.25) is 9.48 Å². The molecule has 0 aliphatic heterocycles. The molecule has 1 amide bonds. The van der Waals surface area contributed by atoms with Crippen LogP contribution in [0.25, 0.3) is 11.5 Å². The Kier molecular flexibility index (Phi) is 5.60. The van der Waals surface area contributed by atoms with Crippen LogP contribution in [0.3, 0.4) is 0 Å². The molecule has 5 rings (SSSR count). The zero-order valence-electron chi connectivity index (χ0n) is 18.1. The van der Waals surface area contributed by atoms with Gasteiger partial charge < -0.3 is 9.84 Å². The number of hydrogen-bond acceptors (Lipinski definition) is 6. The first kappa shape index (κ1) is 22.1. The van der Waals surface area contributed by atoms with Crippen molar-refractivity contribution < 1.29 is 18.1 Å². The van der Waals surface area contributed by atoms with E-state index in [9.17, 15) is 13.6 Å². The molecule has 1 aliphatic rings. The highest BCUT2D eigenvalue weighted by Gasteiger charge is 2.42. The first-order valence-electron chi connectivity index (χ1n) is 10.6. The van der Waals surface area contributed by atoms with Crippen LogP contribution in [0, 0.1) is 11.6 Å². The van der Waals surface area contributed by atoms with Crippen molar-refractivity contribution in [2.75, 3.05) is 6.54 Å². The predicted molar refractivity (Wildman–Crippen MR) is 118 cm³/mol. The van der Waals surface area contributed by atoms with Crippen LogP contribution >= 0.6 is 11.6 Å². The molecular formula is C23H19ClF2N6O2. The molecule has 4 aromatic rings. The molecule has 174 valence electrons. The van der Waals surface area contributed by atoms with Crippen LogP contribution < -0.4 is 5.32 Å². The number of carbonyl (C=O) groups is 1. The molecule has 34 heavy (non-hydrogen) atoms. The molecule has 0 saturated heterocycles. The zero-order chi connectivity index (χ0) is 23.9. The summed E-state index contributed by atoms with van der Waals surface area (Å²) in [5, 5.41) is 11.4. The van der Waals surface area contributed by atoms with Gasteiger partial charge in [-0.05, 0) is 49.6 Å². The minimum absolute atomic E-state index is 0.0949. The lowest BCUT2D eigenvalue weighted by atomic mass is 9.69. The standard InChI is InChI=1S/C23H19ClF2N6O2/c1-32-17-4-3-9-23(14(17)11-28-32,18-5-2-6-19(24)29-18)12-27-21(33)20-30-22(34-31-20)13-7-8-15(25)16(26)10-13/h2,5-8,10-11H,3-4,9,12H2,1H3,(H,27,33). The summed E-state index contributed by atoms with van der Waals surface area (Å²) in [6.45, 7) is 0.201. The van der Waals surface area contributed by atoms with Crippen molar-refractivity contribution in [1.29, 1.82) is 0 Å². The van der Waals surface area contributed by atoms with Crippen molar-refractivity contribution in [1.82, 2.24) is 30.2 Å². The van der Waals surface area contributed by atoms with Gasteiger partial charge in [0.25, 0.3) is 17.6 Å². The van der Waals surface area contributed by atoms with E-state index < -0.39 is 23.0 Å². The van der Waals surface area contributed by atoms with Crippen LogP contribution in [0.2, 0.25) is 5.15 Å². The summed E-state index contributed by atoms with van der Waals surface area (Å²) in [6.07, 6.45) is 4.27. The summed E-state index contributed by atoms with van der Waals surface area (Å²) in [5.74, 6) is -2.95. The molecule has 0 fully saturated rings. The maximum Gasteiger partial charge on any atom is 0.292 e. The molecule has 3 aromatic heterocycles. The third kappa shape index (κ3) is 3.83. The number of rotatable bonds is 5. The highest BCUT2D eigenvalue weighted by Crippen LogP contribution is 2.41. The largest absolute Gasteiger partial charge is 0.348 e. The van der Waals surface area contributed by atoms with Crippen molar-refractivity contribution in [3.63, 3.8) is 0 Å². The molecule has 1 unspecified atom stereocenters. The van der Waals surface area contributed by atoms with Gasteiger partial charge in [-0.2, -0.15) is 10.1 Å². The SMILES string of the molecule is Cn1ncc2c1CCCC2(CNC(=O)c1noc(-c2ccc(F)c(F)c2)n1)c1cccc(Cl)n1. The fraction of sp³-hybridized carbons (Fsp3) is 0.261. The number of carbonyl (C=O) groups excluding carboxylic acids is 1. The van der Waals surface area contributed by atoms with E-state index in [1.54, 1.807) is 12.3 Å². The number of nitrogens with one attached hydrogen (secondary N) is 1. The van der Waals surface area contributed by atoms with Crippen molar-refractivity contribution in [3.05, 3.63) is 82.2 Å². The van der Waals surface area contributed by atoms with Gasteiger partial charge in [-0.15, -0.1) is 0 Å². The summed E-state index contributed by atoms with van der Waals surface area (Å²) >= 11 is 6.20. The smallest absolute Gasteiger partial charge is 0.292 e. The molecule has 0 bridgehead atoms. The first-order chi connectivity index (χ1) is 16.4. The van der Waals surface area contributed by atoms with Crippen LogP contribution in [0.4, 0.5) is 8.78 Å². The van der Waals surface area contributed by atoms with Crippen LogP contribution in [0.1, 0.15) is 40.4 Å². The maximum absolute atomic E-state index is 13.5. The Morgan fingerprint density at radius 3 is 2.88 bits per heavy atom. The minimum atomic E-state index is -1.05. The Morgan fingerprint density at radius 2 is 2.09 bits per heavy atom. The highest BCUT2D eigenvalue weighted by atomic mass is 35.5. The summed E-state index contributed by atoms with van der Waals surface area (Å²) in [7, 11) is 1.89. The summed E-state index contributed by atoms with van der Waals surface area (Å²) in [6, 6.07) is 8.58. The molecule has 1 N–H and O–H groups in total. The molecule has 1 aliphatic carbocycles. The lowest BCUT2D eigenvalue weighted by Gasteiger charge is -2.37. The number of hydrogen-bond donors (Lipinski definition) is 1. The lowest BCUT2D eigenvalue weighted by molar-refractivity contribution is 0.0930. The van der Waals surface area contributed by atoms with Gasteiger partial charge >= 0.3 is 0 Å². The molecular weight excluding hydrogens is 466 g/mol. The number of nitrogens with zero attached hydrogens (tertiary/aromatic N) is 5. The molecule has 11 heteroatoms. The minimum Gasteiger partial charge on any atom is -0.348 e. The van der Waals surface area contributed by atoms with Crippen LogP contribution in [-0.4, -0.2) is 37.4 Å². The third-order valence-corrected chi connectivity index (χ3v) is 6.36. The molecule has 8 nitrogen and oxygen atoms in total. The second-order valence-electron chi connectivity index (χ2n) is 8.14. The average Bonchev–Trinajstić information content (AvgIpc) is 3.47. The number of fused-ring (bicyclic) bond motifs is 1. The number of aromatic nitrogens is 5. The van der Waals surface area contributed by atoms with Gasteiger partial charge in [0.15, 0.2) is 11.6 Å². The second kappa shape index (κ2) is 8.60. The fourth-order valence-corrected chi connectivity index (χ4v) is 4.60. The molecule has 0 saturated carbocycles. The van der Waals surface area contributed by atoms with E-state index in [0.29, 0.717) is 5.15 Å². The fourth-order valence-electron chi connectivity index (χ4n) is 4.44. The quantitative estimate of drug-likeness (QED) is 0.432. The number of halogens is 3. The Labute approximate surface area is 198 Å². The Balaban J connectivity index is 1.43. The number of aryl methyl sites for hydroxylation is 1. The van der Waals surface area contributed by atoms with E-state index in [4.69, 9.17) is 16.1 Å². The van der Waals surface area contributed by atoms with E-state index in [0.717, 1.165) is 48.3 Å². The number of pyridine rings is 1. The summed E-state index contributed by atoms with van der Waals surface area (Å²) in [5.41, 5.74) is 2.30. The van der Waals surface area contributed by atoms with Gasteiger partial charge in [0, 0.05) is 30.4 Å². The van der Waals surface area contributed by atoms with E-state index in [2.05, 4.69) is 25.5 Å². The average molecular weight is 485 g/mol. The van der Waals surface area contributed by atoms with E-state index in [1.165, 1.54) is 6.07 Å². The van der Waals surface area contributed by atoms with Gasteiger partial charge in [-0.25, -0.2) is 13.8 Å². The number of amides is 1. The highest BCUT2D eigenvalue weighted by molar-refractivity contribution is 6.29. The lowest BCUT2D eigenvalue weighted by Crippen LogP contribution is -2.44. The summed E-state index contributed by atoms with van der Waals surface area (Å²) < 4.78 is 33.7. The number of benzene rings is 1. The van der Waals surface area contributed by atoms with Crippen molar-refractivity contribution in [3.8, 4) is 11.5 Å². The summed E-state index contributed by atoms with van der Waals surface area (Å²) in [4.78, 5) is 21.5. The van der Waals surface area contributed by atoms with Gasteiger partial charge in [-0.1, -0.05) is 22.8 Å². The Bertz CT molecular complexity index is 1390. The monoisotopic (exact) mass is 484 g/mol.